The maximum Gasteiger partial charge on any atom is 0.260 e. The number of hydrogen-bond donors (Lipinski definition) is 5. The molecule has 3 aromatic carbocycles. The van der Waals surface area contributed by atoms with Crippen LogP contribution in [0.2, 0.25) is 0 Å². The molecule has 2 fully saturated rings. The van der Waals surface area contributed by atoms with Gasteiger partial charge in [-0.1, -0.05) is 24.3 Å². The Labute approximate surface area is 288 Å². The highest BCUT2D eigenvalue weighted by molar-refractivity contribution is 6.27. The molecular weight excluding hydrogens is 618 g/mol. The second kappa shape index (κ2) is 16.8. The van der Waals surface area contributed by atoms with Gasteiger partial charge in [0.25, 0.3) is 5.91 Å². The molecule has 0 saturated carbocycles. The number of phenols is 1. The summed E-state index contributed by atoms with van der Waals surface area (Å²) in [6, 6.07) is 22.5. The van der Waals surface area contributed by atoms with E-state index < -0.39 is 6.10 Å². The first-order valence-electron chi connectivity index (χ1n) is 16.9. The quantitative estimate of drug-likeness (QED) is 0.0969. The molecule has 0 radical (unpaired) electrons. The van der Waals surface area contributed by atoms with Gasteiger partial charge in [0.1, 0.15) is 23.6 Å². The second-order valence-electron chi connectivity index (χ2n) is 12.6. The number of hydrogen-bond acceptors (Lipinski definition) is 9. The lowest BCUT2D eigenvalue weighted by Crippen LogP contribution is -2.49. The molecule has 2 aliphatic heterocycles. The first kappa shape index (κ1) is 35.2. The zero-order valence-electron chi connectivity index (χ0n) is 28.1. The second-order valence-corrected chi connectivity index (χ2v) is 12.6. The van der Waals surface area contributed by atoms with Crippen LogP contribution in [0.3, 0.4) is 0 Å². The Balaban J connectivity index is 1.08. The third kappa shape index (κ3) is 9.26. The number of allylic oxidation sites excluding steroid dienone is 1. The fourth-order valence-corrected chi connectivity index (χ4v) is 6.54. The van der Waals surface area contributed by atoms with Crippen molar-refractivity contribution in [2.24, 2.45) is 11.7 Å². The summed E-state index contributed by atoms with van der Waals surface area (Å²) < 4.78 is 5.87. The predicted molar refractivity (Wildman–Crippen MR) is 195 cm³/mol. The first-order chi connectivity index (χ1) is 23.7. The van der Waals surface area contributed by atoms with E-state index in [-0.39, 0.29) is 29.6 Å². The summed E-state index contributed by atoms with van der Waals surface area (Å²) in [5.74, 6) is 0.923. The average Bonchev–Trinajstić information content (AvgIpc) is 3.13. The smallest absolute Gasteiger partial charge is 0.260 e. The third-order valence-corrected chi connectivity index (χ3v) is 9.39. The van der Waals surface area contributed by atoms with Gasteiger partial charge in [-0.15, -0.1) is 0 Å². The number of benzene rings is 3. The SMILES string of the molecule is CNC(=O)C(CCC=O)Oc1ccc(N2CCN(CC3CCN(c4ccc(/C(=C/C(=N)c5ccccc5O)C(=N)N)cc4)CC3)CC2)cc1. The van der Waals surface area contributed by atoms with Gasteiger partial charge in [0, 0.05) is 88.2 Å². The number of amidine groups is 1. The van der Waals surface area contributed by atoms with Crippen LogP contribution in [0.4, 0.5) is 11.4 Å². The number of piperidine rings is 1. The van der Waals surface area contributed by atoms with Gasteiger partial charge in [-0.3, -0.25) is 15.1 Å². The van der Waals surface area contributed by atoms with Crippen molar-refractivity contribution < 1.29 is 19.4 Å². The topological polar surface area (TPSA) is 159 Å². The van der Waals surface area contributed by atoms with E-state index in [1.807, 2.05) is 36.4 Å². The van der Waals surface area contributed by atoms with E-state index in [2.05, 4.69) is 32.1 Å². The molecule has 0 bridgehead atoms. The molecule has 1 atom stereocenters. The average molecular weight is 666 g/mol. The monoisotopic (exact) mass is 665 g/mol. The number of carbonyl (C=O) groups excluding carboxylic acids is 2. The van der Waals surface area contributed by atoms with E-state index in [0.29, 0.717) is 29.2 Å². The molecule has 0 aromatic heterocycles. The van der Waals surface area contributed by atoms with E-state index in [4.69, 9.17) is 21.3 Å². The normalized spacial score (nSPS) is 16.6. The lowest BCUT2D eigenvalue weighted by Gasteiger charge is -2.40. The molecule has 1 unspecified atom stereocenters. The third-order valence-electron chi connectivity index (χ3n) is 9.39. The molecule has 2 saturated heterocycles. The number of piperazine rings is 1. The summed E-state index contributed by atoms with van der Waals surface area (Å²) in [7, 11) is 1.57. The fraction of sp³-hybridized carbons (Fsp3) is 0.368. The molecule has 0 spiro atoms. The van der Waals surface area contributed by atoms with Gasteiger partial charge in [-0.2, -0.15) is 0 Å². The Bertz CT molecular complexity index is 1620. The minimum atomic E-state index is -0.689. The molecule has 6 N–H and O–H groups in total. The maximum atomic E-state index is 12.1. The van der Waals surface area contributed by atoms with Gasteiger partial charge in [0.15, 0.2) is 6.10 Å². The van der Waals surface area contributed by atoms with Gasteiger partial charge in [0.05, 0.1) is 5.71 Å². The molecule has 1 amide bonds. The van der Waals surface area contributed by atoms with Crippen molar-refractivity contribution in [1.82, 2.24) is 10.2 Å². The van der Waals surface area contributed by atoms with Crippen molar-refractivity contribution in [1.29, 1.82) is 10.8 Å². The molecule has 49 heavy (non-hydrogen) atoms. The number of para-hydroxylation sites is 1. The van der Waals surface area contributed by atoms with Crippen molar-refractivity contribution >= 4 is 40.7 Å². The minimum absolute atomic E-state index is 0.0184. The number of ether oxygens (including phenoxy) is 1. The molecule has 5 rings (SSSR count). The van der Waals surface area contributed by atoms with Gasteiger partial charge in [-0.05, 0) is 78.9 Å². The van der Waals surface area contributed by atoms with E-state index in [9.17, 15) is 14.7 Å². The number of phenolic OH excluding ortho intramolecular Hbond substituents is 1. The first-order valence-corrected chi connectivity index (χ1v) is 16.9. The van der Waals surface area contributed by atoms with Crippen molar-refractivity contribution in [3.05, 3.63) is 90.0 Å². The summed E-state index contributed by atoms with van der Waals surface area (Å²) in [5, 5.41) is 29.3. The van der Waals surface area contributed by atoms with Gasteiger partial charge < -0.3 is 40.9 Å². The van der Waals surface area contributed by atoms with E-state index >= 15 is 0 Å². The summed E-state index contributed by atoms with van der Waals surface area (Å²) in [4.78, 5) is 30.3. The van der Waals surface area contributed by atoms with Crippen LogP contribution >= 0.6 is 0 Å². The number of amides is 1. The van der Waals surface area contributed by atoms with E-state index in [1.54, 1.807) is 25.2 Å². The number of aromatic hydroxyl groups is 1. The summed E-state index contributed by atoms with van der Waals surface area (Å²) >= 11 is 0. The van der Waals surface area contributed by atoms with Crippen LogP contribution < -0.4 is 25.6 Å². The number of anilines is 2. The number of nitrogens with two attached hydrogens (primary N) is 1. The van der Waals surface area contributed by atoms with Crippen LogP contribution in [-0.4, -0.2) is 92.7 Å². The molecule has 11 nitrogen and oxygen atoms in total. The minimum Gasteiger partial charge on any atom is -0.507 e. The Hall–Kier alpha value is -5.16. The van der Waals surface area contributed by atoms with Crippen molar-refractivity contribution in [3.8, 4) is 11.5 Å². The fourth-order valence-electron chi connectivity index (χ4n) is 6.54. The number of nitrogens with one attached hydrogen (secondary N) is 3. The highest BCUT2D eigenvalue weighted by Crippen LogP contribution is 2.28. The highest BCUT2D eigenvalue weighted by atomic mass is 16.5. The van der Waals surface area contributed by atoms with Crippen molar-refractivity contribution in [3.63, 3.8) is 0 Å². The molecule has 0 aliphatic carbocycles. The van der Waals surface area contributed by atoms with E-state index in [0.717, 1.165) is 81.9 Å². The number of rotatable bonds is 14. The highest BCUT2D eigenvalue weighted by Gasteiger charge is 2.25. The number of nitrogens with zero attached hydrogens (tertiary/aromatic N) is 3. The Morgan fingerprint density at radius 2 is 1.55 bits per heavy atom. The van der Waals surface area contributed by atoms with E-state index in [1.165, 1.54) is 12.1 Å². The summed E-state index contributed by atoms with van der Waals surface area (Å²) in [5.41, 5.74) is 9.86. The number of likely N-dealkylation sites (N-methyl/N-ethyl adjacent to an activating group) is 1. The lowest BCUT2D eigenvalue weighted by molar-refractivity contribution is -0.127. The summed E-state index contributed by atoms with van der Waals surface area (Å²) in [6.45, 7) is 7.01. The maximum absolute atomic E-state index is 12.1. The molecule has 3 aromatic rings. The Morgan fingerprint density at radius 3 is 2.14 bits per heavy atom. The van der Waals surface area contributed by atoms with Crippen LogP contribution in [0.25, 0.3) is 5.57 Å². The zero-order chi connectivity index (χ0) is 34.8. The molecule has 11 heteroatoms. The van der Waals surface area contributed by atoms with Crippen LogP contribution in [0, 0.1) is 16.7 Å². The molecule has 2 heterocycles. The van der Waals surface area contributed by atoms with Crippen LogP contribution in [-0.2, 0) is 9.59 Å². The largest absolute Gasteiger partial charge is 0.507 e. The standard InChI is InChI=1S/C38H47N7O4/c1-42-38(48)36(7-4-24-46)49-31-14-12-30(13-15-31)45-22-20-43(21-23-45)26-27-16-18-44(19-17-27)29-10-8-28(9-11-29)33(37(40)41)25-34(39)32-5-2-3-6-35(32)47/h2-3,5-6,8-15,24-25,27,36,39,47H,4,7,16-23,26H2,1H3,(H3,40,41)(H,42,48)/b33-25-,39-34?. The summed E-state index contributed by atoms with van der Waals surface area (Å²) in [6.07, 6.45) is 4.52. The zero-order valence-corrected chi connectivity index (χ0v) is 28.1. The van der Waals surface area contributed by atoms with Gasteiger partial charge >= 0.3 is 0 Å². The van der Waals surface area contributed by atoms with Crippen molar-refractivity contribution in [2.75, 3.05) is 62.7 Å². The van der Waals surface area contributed by atoms with Crippen molar-refractivity contribution in [2.45, 2.75) is 31.8 Å². The van der Waals surface area contributed by atoms with Crippen LogP contribution in [0.5, 0.6) is 11.5 Å². The predicted octanol–water partition coefficient (Wildman–Crippen LogP) is 4.29. The van der Waals surface area contributed by atoms with Crippen LogP contribution in [0.1, 0.15) is 36.8 Å². The molecular formula is C38H47N7O4. The number of carbonyl (C=O) groups is 2. The van der Waals surface area contributed by atoms with Gasteiger partial charge in [-0.25, -0.2) is 0 Å². The molecule has 2 aliphatic rings. The Kier molecular flexibility index (Phi) is 12.0. The van der Waals surface area contributed by atoms with Crippen LogP contribution in [0.15, 0.2) is 78.9 Å². The number of aldehydes is 1. The lowest BCUT2D eigenvalue weighted by atomic mass is 9.95. The molecule has 258 valence electrons. The Morgan fingerprint density at radius 1 is 0.939 bits per heavy atom. The van der Waals surface area contributed by atoms with Gasteiger partial charge in [0.2, 0.25) is 0 Å².